The highest BCUT2D eigenvalue weighted by Gasteiger charge is 2.06. The van der Waals surface area contributed by atoms with Gasteiger partial charge in [-0.25, -0.2) is 4.79 Å². The van der Waals surface area contributed by atoms with Crippen molar-refractivity contribution in [1.82, 2.24) is 10.6 Å². The van der Waals surface area contributed by atoms with E-state index < -0.39 is 0 Å². The normalized spacial score (nSPS) is 9.96. The van der Waals surface area contributed by atoms with Gasteiger partial charge in [0.15, 0.2) is 0 Å². The maximum atomic E-state index is 12.0. The van der Waals surface area contributed by atoms with Crippen molar-refractivity contribution in [3.63, 3.8) is 0 Å². The molecule has 4 N–H and O–H groups in total. The van der Waals surface area contributed by atoms with Gasteiger partial charge >= 0.3 is 6.03 Å². The molecule has 0 fully saturated rings. The van der Waals surface area contributed by atoms with E-state index in [0.29, 0.717) is 36.4 Å². The third-order valence-electron chi connectivity index (χ3n) is 3.64. The molecule has 4 amide bonds. The van der Waals surface area contributed by atoms with Crippen LogP contribution in [0.2, 0.25) is 0 Å². The SMILES string of the molecule is CCNC(=O)Nc1cccc(NC(=O)CCCNC(=O)c2ccccc2)c1. The number of hydrogen-bond acceptors (Lipinski definition) is 3. The summed E-state index contributed by atoms with van der Waals surface area (Å²) in [5, 5.41) is 10.9. The lowest BCUT2D eigenvalue weighted by atomic mass is 10.2. The van der Waals surface area contributed by atoms with Gasteiger partial charge in [-0.15, -0.1) is 0 Å². The van der Waals surface area contributed by atoms with Crippen LogP contribution in [0.4, 0.5) is 16.2 Å². The van der Waals surface area contributed by atoms with Crippen LogP contribution in [0, 0.1) is 0 Å². The van der Waals surface area contributed by atoms with Crippen molar-refractivity contribution in [3.05, 3.63) is 60.2 Å². The lowest BCUT2D eigenvalue weighted by Gasteiger charge is -2.09. The lowest BCUT2D eigenvalue weighted by Crippen LogP contribution is -2.28. The Hall–Kier alpha value is -3.35. The molecular formula is C20H24N4O3. The van der Waals surface area contributed by atoms with E-state index in [0.717, 1.165) is 0 Å². The zero-order valence-corrected chi connectivity index (χ0v) is 15.2. The molecule has 2 aromatic rings. The molecule has 0 radical (unpaired) electrons. The molecule has 0 aliphatic rings. The molecule has 7 heteroatoms. The second-order valence-corrected chi connectivity index (χ2v) is 5.84. The van der Waals surface area contributed by atoms with Gasteiger partial charge in [0, 0.05) is 36.4 Å². The summed E-state index contributed by atoms with van der Waals surface area (Å²) in [5.74, 6) is -0.306. The van der Waals surface area contributed by atoms with Crippen LogP contribution in [0.15, 0.2) is 54.6 Å². The molecule has 7 nitrogen and oxygen atoms in total. The van der Waals surface area contributed by atoms with Crippen molar-refractivity contribution in [2.24, 2.45) is 0 Å². The number of carbonyl (C=O) groups is 3. The van der Waals surface area contributed by atoms with Crippen LogP contribution < -0.4 is 21.3 Å². The predicted octanol–water partition coefficient (Wildman–Crippen LogP) is 2.98. The van der Waals surface area contributed by atoms with E-state index in [2.05, 4.69) is 21.3 Å². The van der Waals surface area contributed by atoms with E-state index in [-0.39, 0.29) is 24.3 Å². The van der Waals surface area contributed by atoms with Crippen molar-refractivity contribution >= 4 is 29.2 Å². The number of urea groups is 1. The first-order valence-corrected chi connectivity index (χ1v) is 8.86. The van der Waals surface area contributed by atoms with Crippen molar-refractivity contribution in [3.8, 4) is 0 Å². The highest BCUT2D eigenvalue weighted by atomic mass is 16.2. The van der Waals surface area contributed by atoms with Crippen molar-refractivity contribution in [1.29, 1.82) is 0 Å². The second-order valence-electron chi connectivity index (χ2n) is 5.84. The summed E-state index contributed by atoms with van der Waals surface area (Å²) in [4.78, 5) is 35.5. The Morgan fingerprint density at radius 1 is 0.852 bits per heavy atom. The first-order chi connectivity index (χ1) is 13.1. The number of rotatable bonds is 8. The fraction of sp³-hybridized carbons (Fsp3) is 0.250. The number of anilines is 2. The minimum atomic E-state index is -0.296. The number of amides is 4. The van der Waals surface area contributed by atoms with E-state index >= 15 is 0 Å². The van der Waals surface area contributed by atoms with Crippen molar-refractivity contribution < 1.29 is 14.4 Å². The standard InChI is InChI=1S/C20H24N4O3/c1-2-21-20(27)24-17-11-6-10-16(14-17)23-18(25)12-7-13-22-19(26)15-8-4-3-5-9-15/h3-6,8-11,14H,2,7,12-13H2,1H3,(H,22,26)(H,23,25)(H2,21,24,27). The Morgan fingerprint density at radius 2 is 1.56 bits per heavy atom. The van der Waals surface area contributed by atoms with Crippen LogP contribution in [-0.4, -0.2) is 30.9 Å². The zero-order valence-electron chi connectivity index (χ0n) is 15.2. The number of benzene rings is 2. The monoisotopic (exact) mass is 368 g/mol. The third kappa shape index (κ3) is 7.19. The Balaban J connectivity index is 1.72. The molecule has 0 saturated carbocycles. The smallest absolute Gasteiger partial charge is 0.319 e. The van der Waals surface area contributed by atoms with E-state index in [9.17, 15) is 14.4 Å². The van der Waals surface area contributed by atoms with Crippen LogP contribution in [0.3, 0.4) is 0 Å². The van der Waals surface area contributed by atoms with Crippen LogP contribution >= 0.6 is 0 Å². The third-order valence-corrected chi connectivity index (χ3v) is 3.64. The molecule has 0 aromatic heterocycles. The summed E-state index contributed by atoms with van der Waals surface area (Å²) in [5.41, 5.74) is 1.79. The fourth-order valence-corrected chi connectivity index (χ4v) is 2.38. The molecular weight excluding hydrogens is 344 g/mol. The first kappa shape index (κ1) is 20.0. The highest BCUT2D eigenvalue weighted by Crippen LogP contribution is 2.15. The van der Waals surface area contributed by atoms with Gasteiger partial charge in [0.2, 0.25) is 5.91 Å². The first-order valence-electron chi connectivity index (χ1n) is 8.86. The summed E-state index contributed by atoms with van der Waals surface area (Å²) in [6.45, 7) is 2.78. The maximum Gasteiger partial charge on any atom is 0.319 e. The zero-order chi connectivity index (χ0) is 19.5. The van der Waals surface area contributed by atoms with E-state index in [1.165, 1.54) is 0 Å². The molecule has 0 saturated heterocycles. The molecule has 0 aliphatic carbocycles. The van der Waals surface area contributed by atoms with Crippen LogP contribution in [-0.2, 0) is 4.79 Å². The lowest BCUT2D eigenvalue weighted by molar-refractivity contribution is -0.116. The Bertz CT molecular complexity index is 778. The highest BCUT2D eigenvalue weighted by molar-refractivity contribution is 5.94. The molecule has 142 valence electrons. The molecule has 0 bridgehead atoms. The summed E-state index contributed by atoms with van der Waals surface area (Å²) in [7, 11) is 0. The number of carbonyl (C=O) groups excluding carboxylic acids is 3. The van der Waals surface area contributed by atoms with Gasteiger partial charge in [-0.1, -0.05) is 24.3 Å². The molecule has 27 heavy (non-hydrogen) atoms. The molecule has 0 heterocycles. The molecule has 2 rings (SSSR count). The molecule has 0 unspecified atom stereocenters. The van der Waals surface area contributed by atoms with Gasteiger partial charge in [-0.05, 0) is 43.7 Å². The topological polar surface area (TPSA) is 99.3 Å². The van der Waals surface area contributed by atoms with Gasteiger partial charge in [-0.3, -0.25) is 9.59 Å². The van der Waals surface area contributed by atoms with Gasteiger partial charge < -0.3 is 21.3 Å². The van der Waals surface area contributed by atoms with Crippen LogP contribution in [0.5, 0.6) is 0 Å². The van der Waals surface area contributed by atoms with Crippen LogP contribution in [0.25, 0.3) is 0 Å². The Kier molecular flexibility index (Phi) is 7.84. The minimum absolute atomic E-state index is 0.153. The van der Waals surface area contributed by atoms with Gasteiger partial charge in [-0.2, -0.15) is 0 Å². The van der Waals surface area contributed by atoms with Gasteiger partial charge in [0.25, 0.3) is 5.91 Å². The average molecular weight is 368 g/mol. The summed E-state index contributed by atoms with van der Waals surface area (Å²) in [6.07, 6.45) is 0.810. The molecule has 0 spiro atoms. The number of hydrogen-bond donors (Lipinski definition) is 4. The van der Waals surface area contributed by atoms with Gasteiger partial charge in [0.05, 0.1) is 0 Å². The molecule has 0 atom stereocenters. The van der Waals surface area contributed by atoms with Crippen molar-refractivity contribution in [2.75, 3.05) is 23.7 Å². The summed E-state index contributed by atoms with van der Waals surface area (Å²) >= 11 is 0. The summed E-state index contributed by atoms with van der Waals surface area (Å²) in [6, 6.07) is 15.6. The molecule has 0 aliphatic heterocycles. The van der Waals surface area contributed by atoms with E-state index in [4.69, 9.17) is 0 Å². The van der Waals surface area contributed by atoms with Gasteiger partial charge in [0.1, 0.15) is 0 Å². The summed E-state index contributed by atoms with van der Waals surface area (Å²) < 4.78 is 0. The number of nitrogens with one attached hydrogen (secondary N) is 4. The quantitative estimate of drug-likeness (QED) is 0.539. The Labute approximate surface area is 158 Å². The molecule has 2 aromatic carbocycles. The second kappa shape index (κ2) is 10.6. The van der Waals surface area contributed by atoms with E-state index in [1.54, 1.807) is 48.5 Å². The predicted molar refractivity (Wildman–Crippen MR) is 106 cm³/mol. The maximum absolute atomic E-state index is 12.0. The largest absolute Gasteiger partial charge is 0.352 e. The minimum Gasteiger partial charge on any atom is -0.352 e. The van der Waals surface area contributed by atoms with Crippen molar-refractivity contribution in [2.45, 2.75) is 19.8 Å². The van der Waals surface area contributed by atoms with Crippen LogP contribution in [0.1, 0.15) is 30.1 Å². The van der Waals surface area contributed by atoms with E-state index in [1.807, 2.05) is 13.0 Å². The fourth-order valence-electron chi connectivity index (χ4n) is 2.38. The Morgan fingerprint density at radius 3 is 2.26 bits per heavy atom. The average Bonchev–Trinajstić information content (AvgIpc) is 2.66.